The number of amides is 1. The fraction of sp³-hybridized carbons (Fsp3) is 0.882. The second-order valence-corrected chi connectivity index (χ2v) is 7.04. The van der Waals surface area contributed by atoms with Crippen LogP contribution in [0.5, 0.6) is 0 Å². The Morgan fingerprint density at radius 1 is 1.14 bits per heavy atom. The Morgan fingerprint density at radius 3 is 2.09 bits per heavy atom. The molecule has 0 aromatic heterocycles. The Hall–Kier alpha value is -0.940. The molecule has 0 aromatic rings. The highest BCUT2D eigenvalue weighted by molar-refractivity contribution is 5.89. The van der Waals surface area contributed by atoms with Crippen LogP contribution in [0.1, 0.15) is 52.9 Å². The lowest BCUT2D eigenvalue weighted by atomic mass is 9.79. The van der Waals surface area contributed by atoms with Crippen molar-refractivity contribution in [2.24, 2.45) is 23.5 Å². The van der Waals surface area contributed by atoms with E-state index < -0.39 is 0 Å². The first-order valence-corrected chi connectivity index (χ1v) is 8.57. The number of carbonyl (C=O) groups is 2. The Morgan fingerprint density at radius 2 is 1.68 bits per heavy atom. The van der Waals surface area contributed by atoms with Gasteiger partial charge >= 0.3 is 0 Å². The molecule has 0 aliphatic heterocycles. The van der Waals surface area contributed by atoms with Gasteiger partial charge in [0, 0.05) is 0 Å². The minimum absolute atomic E-state index is 0.0490. The molecule has 0 bridgehead atoms. The molecule has 4 N–H and O–H groups in total. The van der Waals surface area contributed by atoms with Gasteiger partial charge in [0.2, 0.25) is 5.91 Å². The van der Waals surface area contributed by atoms with E-state index in [0.29, 0.717) is 11.8 Å². The molecule has 0 unspecified atom stereocenters. The van der Waals surface area contributed by atoms with Crippen LogP contribution >= 0.6 is 0 Å². The molecule has 0 radical (unpaired) electrons. The summed E-state index contributed by atoms with van der Waals surface area (Å²) in [6, 6.07) is -0.614. The predicted molar refractivity (Wildman–Crippen MR) is 89.4 cm³/mol. The lowest BCUT2D eigenvalue weighted by Crippen LogP contribution is -2.51. The highest BCUT2D eigenvalue weighted by atomic mass is 16.2. The van der Waals surface area contributed by atoms with Crippen LogP contribution in [0.25, 0.3) is 0 Å². The summed E-state index contributed by atoms with van der Waals surface area (Å²) >= 11 is 0. The third kappa shape index (κ3) is 5.69. The van der Waals surface area contributed by atoms with Crippen molar-refractivity contribution in [3.63, 3.8) is 0 Å². The fourth-order valence-electron chi connectivity index (χ4n) is 3.39. The maximum Gasteiger partial charge on any atom is 0.237 e. The van der Waals surface area contributed by atoms with Crippen LogP contribution in [0.4, 0.5) is 0 Å². The Kier molecular flexibility index (Phi) is 8.04. The number of Topliss-reactive ketones (excluding diaryl/α,β-unsaturated/α-hetero) is 1. The molecule has 0 aromatic carbocycles. The number of carbonyl (C=O) groups excluding carboxylic acids is 2. The molecule has 1 aliphatic rings. The predicted octanol–water partition coefficient (Wildman–Crippen LogP) is 1.46. The van der Waals surface area contributed by atoms with Crippen LogP contribution in [-0.4, -0.2) is 37.4 Å². The highest BCUT2D eigenvalue weighted by Gasteiger charge is 2.28. The largest absolute Gasteiger partial charge is 0.345 e. The van der Waals surface area contributed by atoms with E-state index in [-0.39, 0.29) is 29.7 Å². The highest BCUT2D eigenvalue weighted by Crippen LogP contribution is 2.31. The molecule has 5 heteroatoms. The second-order valence-electron chi connectivity index (χ2n) is 7.04. The van der Waals surface area contributed by atoms with E-state index in [1.807, 2.05) is 13.8 Å². The number of nitrogens with one attached hydrogen (secondary N) is 2. The van der Waals surface area contributed by atoms with Gasteiger partial charge in [-0.25, -0.2) is 0 Å². The van der Waals surface area contributed by atoms with Crippen molar-refractivity contribution >= 4 is 11.7 Å². The summed E-state index contributed by atoms with van der Waals surface area (Å²) in [5.41, 5.74) is 5.72. The fourth-order valence-corrected chi connectivity index (χ4v) is 3.39. The number of rotatable bonds is 8. The van der Waals surface area contributed by atoms with Crippen LogP contribution in [0.2, 0.25) is 0 Å². The van der Waals surface area contributed by atoms with Gasteiger partial charge in [0.1, 0.15) is 0 Å². The van der Waals surface area contributed by atoms with Crippen LogP contribution in [0.15, 0.2) is 0 Å². The number of nitrogens with two attached hydrogens (primary N) is 1. The van der Waals surface area contributed by atoms with Gasteiger partial charge < -0.3 is 16.4 Å². The standard InChI is InChI=1S/C17H33N3O2/c1-11(2)16(19-4)17(22)20-15(12(3)21)9-13-5-7-14(10-18)8-6-13/h11,13-16,19H,5-10,18H2,1-4H3,(H,20,22)/t13-,14-,15-,16-/m0/s1. The normalized spacial score (nSPS) is 24.8. The van der Waals surface area contributed by atoms with Gasteiger partial charge in [0.25, 0.3) is 0 Å². The zero-order chi connectivity index (χ0) is 16.7. The van der Waals surface area contributed by atoms with E-state index in [1.54, 1.807) is 14.0 Å². The Balaban J connectivity index is 2.56. The molecule has 5 nitrogen and oxygen atoms in total. The molecule has 1 fully saturated rings. The number of likely N-dealkylation sites (N-methyl/N-ethyl adjacent to an activating group) is 1. The summed E-state index contributed by atoms with van der Waals surface area (Å²) in [7, 11) is 1.78. The average molecular weight is 311 g/mol. The summed E-state index contributed by atoms with van der Waals surface area (Å²) in [4.78, 5) is 24.2. The minimum atomic E-state index is -0.360. The zero-order valence-corrected chi connectivity index (χ0v) is 14.5. The topological polar surface area (TPSA) is 84.2 Å². The molecule has 22 heavy (non-hydrogen) atoms. The second kappa shape index (κ2) is 9.26. The van der Waals surface area contributed by atoms with Crippen LogP contribution < -0.4 is 16.4 Å². The number of ketones is 1. The first-order chi connectivity index (χ1) is 10.4. The van der Waals surface area contributed by atoms with Crippen molar-refractivity contribution in [1.29, 1.82) is 0 Å². The molecule has 0 spiro atoms. The van der Waals surface area contributed by atoms with E-state index in [4.69, 9.17) is 5.73 Å². The van der Waals surface area contributed by atoms with Gasteiger partial charge in [-0.05, 0) is 57.5 Å². The van der Waals surface area contributed by atoms with Crippen molar-refractivity contribution in [3.8, 4) is 0 Å². The third-order valence-electron chi connectivity index (χ3n) is 4.94. The van der Waals surface area contributed by atoms with Gasteiger partial charge in [0.15, 0.2) is 5.78 Å². The van der Waals surface area contributed by atoms with Gasteiger partial charge in [0.05, 0.1) is 12.1 Å². The molecule has 0 saturated heterocycles. The number of hydrogen-bond acceptors (Lipinski definition) is 4. The van der Waals surface area contributed by atoms with Crippen molar-refractivity contribution in [2.75, 3.05) is 13.6 Å². The summed E-state index contributed by atoms with van der Waals surface area (Å²) in [5, 5.41) is 5.97. The molecule has 1 aliphatic carbocycles. The SMILES string of the molecule is CN[C@H](C(=O)N[C@@H](C[C@H]1CC[C@H](CN)CC1)C(C)=O)C(C)C. The summed E-state index contributed by atoms with van der Waals surface area (Å²) in [5.74, 6) is 1.32. The molecular formula is C17H33N3O2. The lowest BCUT2D eigenvalue weighted by molar-refractivity contribution is -0.129. The maximum absolute atomic E-state index is 12.3. The van der Waals surface area contributed by atoms with Crippen molar-refractivity contribution in [1.82, 2.24) is 10.6 Å². The van der Waals surface area contributed by atoms with Gasteiger partial charge in [-0.1, -0.05) is 26.7 Å². The first kappa shape index (κ1) is 19.1. The average Bonchev–Trinajstić information content (AvgIpc) is 2.47. The van der Waals surface area contributed by atoms with E-state index in [9.17, 15) is 9.59 Å². The lowest BCUT2D eigenvalue weighted by Gasteiger charge is -2.30. The van der Waals surface area contributed by atoms with Crippen molar-refractivity contribution in [3.05, 3.63) is 0 Å². The molecule has 2 atom stereocenters. The van der Waals surface area contributed by atoms with Gasteiger partial charge in [-0.2, -0.15) is 0 Å². The van der Waals surface area contributed by atoms with Crippen LogP contribution in [0.3, 0.4) is 0 Å². The Bertz CT molecular complexity index is 363. The number of hydrogen-bond donors (Lipinski definition) is 3. The summed E-state index contributed by atoms with van der Waals surface area (Å²) in [6.45, 7) is 6.33. The molecule has 1 rings (SSSR count). The van der Waals surface area contributed by atoms with E-state index in [1.165, 1.54) is 0 Å². The molecule has 0 heterocycles. The molecular weight excluding hydrogens is 278 g/mol. The maximum atomic E-state index is 12.3. The first-order valence-electron chi connectivity index (χ1n) is 8.57. The van der Waals surface area contributed by atoms with E-state index in [2.05, 4.69) is 10.6 Å². The monoisotopic (exact) mass is 311 g/mol. The zero-order valence-electron chi connectivity index (χ0n) is 14.5. The molecule has 128 valence electrons. The van der Waals surface area contributed by atoms with E-state index >= 15 is 0 Å². The van der Waals surface area contributed by atoms with Gasteiger partial charge in [-0.15, -0.1) is 0 Å². The Labute approximate surface area is 134 Å². The third-order valence-corrected chi connectivity index (χ3v) is 4.94. The van der Waals surface area contributed by atoms with Crippen LogP contribution in [-0.2, 0) is 9.59 Å². The summed E-state index contributed by atoms with van der Waals surface area (Å²) in [6.07, 6.45) is 5.27. The quantitative estimate of drug-likeness (QED) is 0.633. The summed E-state index contributed by atoms with van der Waals surface area (Å²) < 4.78 is 0. The van der Waals surface area contributed by atoms with Crippen molar-refractivity contribution < 1.29 is 9.59 Å². The van der Waals surface area contributed by atoms with E-state index in [0.717, 1.165) is 38.6 Å². The van der Waals surface area contributed by atoms with Crippen molar-refractivity contribution in [2.45, 2.75) is 65.0 Å². The van der Waals surface area contributed by atoms with Gasteiger partial charge in [-0.3, -0.25) is 9.59 Å². The molecule has 1 saturated carbocycles. The van der Waals surface area contributed by atoms with Crippen LogP contribution in [0, 0.1) is 17.8 Å². The minimum Gasteiger partial charge on any atom is -0.345 e. The molecule has 1 amide bonds. The smallest absolute Gasteiger partial charge is 0.237 e.